The van der Waals surface area contributed by atoms with Gasteiger partial charge >= 0.3 is 0 Å². The highest BCUT2D eigenvalue weighted by Gasteiger charge is 2.28. The topological polar surface area (TPSA) is 25.3 Å². The van der Waals surface area contributed by atoms with Crippen LogP contribution in [0.5, 0.6) is 0 Å². The van der Waals surface area contributed by atoms with Crippen molar-refractivity contribution >= 4 is 11.4 Å². The van der Waals surface area contributed by atoms with Crippen LogP contribution in [0.15, 0.2) is 60.2 Å². The number of unbranched alkanes of at least 4 members (excludes halogenated alkanes) is 7. The zero-order valence-electron chi connectivity index (χ0n) is 21.8. The van der Waals surface area contributed by atoms with Gasteiger partial charge in [0.25, 0.3) is 0 Å². The molecule has 0 amide bonds. The van der Waals surface area contributed by atoms with Crippen molar-refractivity contribution in [2.24, 2.45) is 0 Å². The quantitative estimate of drug-likeness (QED) is 0.188. The van der Waals surface area contributed by atoms with Gasteiger partial charge in [0.1, 0.15) is 0 Å². The zero-order chi connectivity index (χ0) is 24.2. The molecule has 0 radical (unpaired) electrons. The maximum atomic E-state index is 11.4. The molecule has 0 atom stereocenters. The van der Waals surface area contributed by atoms with Gasteiger partial charge in [-0.25, -0.2) is 4.70 Å². The number of nitrogens with zero attached hydrogens (tertiary/aromatic N) is 2. The summed E-state index contributed by atoms with van der Waals surface area (Å²) in [7, 11) is 0. The Balaban J connectivity index is 1.82. The molecule has 2 nitrogen and oxygen atoms in total. The van der Waals surface area contributed by atoms with E-state index < -0.39 is 0 Å². The molecular weight excluding hydrogens is 412 g/mol. The summed E-state index contributed by atoms with van der Waals surface area (Å²) >= 11 is 0. The molecule has 0 unspecified atom stereocenters. The van der Waals surface area contributed by atoms with Crippen LogP contribution >= 0.6 is 0 Å². The summed E-state index contributed by atoms with van der Waals surface area (Å²) in [6.07, 6.45) is 18.0. The Morgan fingerprint density at radius 2 is 1.26 bits per heavy atom. The van der Waals surface area contributed by atoms with Crippen molar-refractivity contribution in [2.45, 2.75) is 104 Å². The Bertz CT molecular complexity index is 978. The van der Waals surface area contributed by atoms with Crippen molar-refractivity contribution in [2.75, 3.05) is 0 Å². The van der Waals surface area contributed by atoms with Crippen molar-refractivity contribution in [3.8, 4) is 0 Å². The molecule has 3 rings (SSSR count). The monoisotopic (exact) mass is 456 g/mol. The Hall–Kier alpha value is -2.48. The van der Waals surface area contributed by atoms with Crippen LogP contribution in [0.4, 0.5) is 0 Å². The van der Waals surface area contributed by atoms with Crippen LogP contribution in [0.1, 0.15) is 114 Å². The minimum absolute atomic E-state index is 0.900. The highest BCUT2D eigenvalue weighted by atomic mass is 15.2. The first kappa shape index (κ1) is 26.1. The summed E-state index contributed by atoms with van der Waals surface area (Å²) in [5.41, 5.74) is 19.5. The van der Waals surface area contributed by atoms with Crippen LogP contribution in [0.3, 0.4) is 0 Å². The van der Waals surface area contributed by atoms with Gasteiger partial charge in [-0.1, -0.05) is 90.0 Å². The fourth-order valence-corrected chi connectivity index (χ4v) is 4.83. The van der Waals surface area contributed by atoms with Gasteiger partial charge < -0.3 is 5.53 Å². The Morgan fingerprint density at radius 1 is 0.618 bits per heavy atom. The van der Waals surface area contributed by atoms with E-state index in [-0.39, 0.29) is 0 Å². The third kappa shape index (κ3) is 7.26. The standard InChI is InChI=1S/C32H44N2/c1-4-7-10-11-12-13-18-30-25-31(28-22-20-26(21-23-28)15-8-5-2)34(33)32(30)29-19-14-17-27(24-29)16-9-6-3/h14,17,19-25H,4-13,15-16,18H2,1-3H3. The van der Waals surface area contributed by atoms with Gasteiger partial charge in [-0.05, 0) is 73.9 Å². The molecule has 0 spiro atoms. The van der Waals surface area contributed by atoms with Gasteiger partial charge in [0.15, 0.2) is 0 Å². The molecule has 2 heteroatoms. The predicted molar refractivity (Wildman–Crippen MR) is 147 cm³/mol. The van der Waals surface area contributed by atoms with E-state index in [4.69, 9.17) is 0 Å². The minimum atomic E-state index is 0.900. The average molecular weight is 457 g/mol. The molecule has 1 aliphatic heterocycles. The second kappa shape index (κ2) is 14.0. The lowest BCUT2D eigenvalue weighted by Gasteiger charge is -2.11. The molecule has 0 fully saturated rings. The molecule has 0 saturated carbocycles. The van der Waals surface area contributed by atoms with E-state index in [0.29, 0.717) is 0 Å². The van der Waals surface area contributed by atoms with Gasteiger partial charge in [0, 0.05) is 22.8 Å². The molecule has 34 heavy (non-hydrogen) atoms. The molecule has 0 saturated heterocycles. The molecule has 1 aliphatic rings. The van der Waals surface area contributed by atoms with E-state index in [1.54, 1.807) is 0 Å². The number of hydrogen-bond acceptors (Lipinski definition) is 0. The smallest absolute Gasteiger partial charge is 0.210 e. The van der Waals surface area contributed by atoms with E-state index in [2.05, 4.69) is 75.4 Å². The number of aryl methyl sites for hydroxylation is 2. The lowest BCUT2D eigenvalue weighted by molar-refractivity contribution is -0.344. The van der Waals surface area contributed by atoms with Gasteiger partial charge in [-0.2, -0.15) is 0 Å². The van der Waals surface area contributed by atoms with E-state index >= 15 is 0 Å². The van der Waals surface area contributed by atoms with Crippen molar-refractivity contribution in [3.63, 3.8) is 0 Å². The predicted octanol–water partition coefficient (Wildman–Crippen LogP) is 9.92. The molecule has 0 aliphatic carbocycles. The number of hydrogen-bond donors (Lipinski definition) is 0. The van der Waals surface area contributed by atoms with Gasteiger partial charge in [-0.15, -0.1) is 0 Å². The summed E-state index contributed by atoms with van der Waals surface area (Å²) < 4.78 is 1.45. The third-order valence-electron chi connectivity index (χ3n) is 6.94. The van der Waals surface area contributed by atoms with E-state index in [1.165, 1.54) is 85.6 Å². The van der Waals surface area contributed by atoms with Gasteiger partial charge in [0.2, 0.25) is 11.4 Å². The highest BCUT2D eigenvalue weighted by Crippen LogP contribution is 2.37. The second-order valence-corrected chi connectivity index (χ2v) is 9.84. The maximum Gasteiger partial charge on any atom is 0.210 e. The van der Waals surface area contributed by atoms with Crippen molar-refractivity contribution in [1.29, 1.82) is 0 Å². The third-order valence-corrected chi connectivity index (χ3v) is 6.94. The van der Waals surface area contributed by atoms with E-state index in [1.807, 2.05) is 0 Å². The molecule has 0 aromatic heterocycles. The fourth-order valence-electron chi connectivity index (χ4n) is 4.83. The van der Waals surface area contributed by atoms with Crippen LogP contribution in [0.25, 0.3) is 16.9 Å². The van der Waals surface area contributed by atoms with Crippen LogP contribution in [-0.4, -0.2) is 4.70 Å². The first-order valence-electron chi connectivity index (χ1n) is 13.8. The number of rotatable bonds is 15. The summed E-state index contributed by atoms with van der Waals surface area (Å²) in [6, 6.07) is 17.6. The SMILES string of the molecule is CCCCCCCCC1=C(c2cccc(CCCC)c2)[N+](=[N-])C(c2ccc(CCCC)cc2)=C1. The summed E-state index contributed by atoms with van der Waals surface area (Å²) in [5, 5.41) is 0. The van der Waals surface area contributed by atoms with Crippen LogP contribution in [0.2, 0.25) is 0 Å². The first-order valence-corrected chi connectivity index (χ1v) is 13.8. The zero-order valence-corrected chi connectivity index (χ0v) is 21.8. The minimum Gasteiger partial charge on any atom is -0.493 e. The van der Waals surface area contributed by atoms with Crippen LogP contribution < -0.4 is 0 Å². The van der Waals surface area contributed by atoms with Crippen LogP contribution in [-0.2, 0) is 12.8 Å². The van der Waals surface area contributed by atoms with Gasteiger partial charge in [-0.3, -0.25) is 0 Å². The molecular formula is C32H44N2. The van der Waals surface area contributed by atoms with Crippen LogP contribution in [0, 0.1) is 0 Å². The molecule has 0 N–H and O–H groups in total. The normalized spacial score (nSPS) is 13.6. The summed E-state index contributed by atoms with van der Waals surface area (Å²) in [6.45, 7) is 6.74. The molecule has 2 aromatic rings. The lowest BCUT2D eigenvalue weighted by Crippen LogP contribution is -2.03. The summed E-state index contributed by atoms with van der Waals surface area (Å²) in [4.78, 5) is 0. The number of allylic oxidation sites excluding steroid dienone is 2. The van der Waals surface area contributed by atoms with Crippen molar-refractivity contribution in [1.82, 2.24) is 0 Å². The Morgan fingerprint density at radius 3 is 1.97 bits per heavy atom. The Labute approximate surface area is 208 Å². The average Bonchev–Trinajstić information content (AvgIpc) is 3.19. The molecule has 182 valence electrons. The molecule has 1 heterocycles. The summed E-state index contributed by atoms with van der Waals surface area (Å²) in [5.74, 6) is 0. The Kier molecular flexibility index (Phi) is 10.8. The molecule has 2 aromatic carbocycles. The van der Waals surface area contributed by atoms with E-state index in [9.17, 15) is 5.53 Å². The largest absolute Gasteiger partial charge is 0.493 e. The molecule has 0 bridgehead atoms. The van der Waals surface area contributed by atoms with Crippen molar-refractivity contribution < 1.29 is 4.70 Å². The maximum absolute atomic E-state index is 11.4. The van der Waals surface area contributed by atoms with Crippen molar-refractivity contribution in [3.05, 3.63) is 88.0 Å². The first-order chi connectivity index (χ1) is 16.7. The number of benzene rings is 2. The highest BCUT2D eigenvalue weighted by molar-refractivity contribution is 5.78. The fraction of sp³-hybridized carbons (Fsp3) is 0.500. The second-order valence-electron chi connectivity index (χ2n) is 9.84. The van der Waals surface area contributed by atoms with E-state index in [0.717, 1.165) is 41.8 Å². The lowest BCUT2D eigenvalue weighted by atomic mass is 9.99. The van der Waals surface area contributed by atoms with Gasteiger partial charge in [0.05, 0.1) is 0 Å².